The van der Waals surface area contributed by atoms with Gasteiger partial charge in [-0.05, 0) is 65.9 Å². The Hall–Kier alpha value is -4.15. The van der Waals surface area contributed by atoms with Gasteiger partial charge in [-0.3, -0.25) is 13.9 Å². The minimum absolute atomic E-state index is 0.0456. The van der Waals surface area contributed by atoms with E-state index in [1.165, 1.54) is 4.90 Å². The van der Waals surface area contributed by atoms with Crippen LogP contribution in [0.1, 0.15) is 48.8 Å². The van der Waals surface area contributed by atoms with Crippen molar-refractivity contribution in [3.63, 3.8) is 0 Å². The summed E-state index contributed by atoms with van der Waals surface area (Å²) in [7, 11) is -3.88. The second kappa shape index (κ2) is 16.8. The minimum atomic E-state index is -3.88. The Labute approximate surface area is 292 Å². The largest absolute Gasteiger partial charge is 0.489 e. The number of anilines is 1. The number of carbonyl (C=O) groups is 2. The second-order valence-electron chi connectivity index (χ2n) is 12.2. The Morgan fingerprint density at radius 3 is 2.02 bits per heavy atom. The summed E-state index contributed by atoms with van der Waals surface area (Å²) in [4.78, 5) is 30.0. The third-order valence-corrected chi connectivity index (χ3v) is 10.2. The zero-order chi connectivity index (χ0) is 33.9. The van der Waals surface area contributed by atoms with Crippen LogP contribution >= 0.6 is 15.9 Å². The van der Waals surface area contributed by atoms with Crippen LogP contribution in [0, 0.1) is 0 Å². The predicted molar refractivity (Wildman–Crippen MR) is 193 cm³/mol. The van der Waals surface area contributed by atoms with Crippen LogP contribution in [0.5, 0.6) is 5.75 Å². The van der Waals surface area contributed by atoms with Crippen molar-refractivity contribution in [3.8, 4) is 5.75 Å². The Balaban J connectivity index is 1.43. The molecule has 0 saturated heterocycles. The number of sulfonamides is 1. The van der Waals surface area contributed by atoms with Gasteiger partial charge in [0.05, 0.1) is 11.9 Å². The molecular formula is C38H42BrN3O5S. The molecule has 5 rings (SSSR count). The van der Waals surface area contributed by atoms with E-state index in [0.717, 1.165) is 63.8 Å². The van der Waals surface area contributed by atoms with Crippen molar-refractivity contribution in [2.24, 2.45) is 0 Å². The molecule has 0 heterocycles. The first kappa shape index (κ1) is 35.2. The summed E-state index contributed by atoms with van der Waals surface area (Å²) in [5.41, 5.74) is 3.06. The van der Waals surface area contributed by atoms with Gasteiger partial charge in [0.25, 0.3) is 0 Å². The van der Waals surface area contributed by atoms with Gasteiger partial charge in [0.2, 0.25) is 21.8 Å². The van der Waals surface area contributed by atoms with Crippen molar-refractivity contribution in [1.82, 2.24) is 10.2 Å². The molecule has 0 aromatic heterocycles. The number of nitrogens with zero attached hydrogens (tertiary/aromatic N) is 2. The summed E-state index contributed by atoms with van der Waals surface area (Å²) in [5, 5.41) is 3.23. The molecule has 1 atom stereocenters. The van der Waals surface area contributed by atoms with Crippen molar-refractivity contribution in [1.29, 1.82) is 0 Å². The topological polar surface area (TPSA) is 96.0 Å². The van der Waals surface area contributed by atoms with Crippen LogP contribution in [0.15, 0.2) is 114 Å². The van der Waals surface area contributed by atoms with E-state index in [1.54, 1.807) is 24.3 Å². The van der Waals surface area contributed by atoms with E-state index in [9.17, 15) is 18.0 Å². The van der Waals surface area contributed by atoms with Crippen molar-refractivity contribution >= 4 is 43.5 Å². The zero-order valence-corrected chi connectivity index (χ0v) is 29.5. The molecule has 0 bridgehead atoms. The lowest BCUT2D eigenvalue weighted by molar-refractivity contribution is -0.140. The highest BCUT2D eigenvalue weighted by Gasteiger charge is 2.34. The van der Waals surface area contributed by atoms with Crippen LogP contribution in [0.25, 0.3) is 0 Å². The van der Waals surface area contributed by atoms with E-state index < -0.39 is 28.5 Å². The van der Waals surface area contributed by atoms with Gasteiger partial charge in [-0.15, -0.1) is 0 Å². The number of halogens is 1. The molecule has 252 valence electrons. The lowest BCUT2D eigenvalue weighted by Gasteiger charge is -2.35. The number of hydrogen-bond acceptors (Lipinski definition) is 5. The molecule has 0 radical (unpaired) electrons. The van der Waals surface area contributed by atoms with Crippen LogP contribution in [-0.4, -0.2) is 50.0 Å². The van der Waals surface area contributed by atoms with Gasteiger partial charge in [0, 0.05) is 23.5 Å². The van der Waals surface area contributed by atoms with Crippen LogP contribution in [-0.2, 0) is 39.2 Å². The quantitative estimate of drug-likeness (QED) is 0.153. The Morgan fingerprint density at radius 2 is 1.42 bits per heavy atom. The monoisotopic (exact) mass is 731 g/mol. The van der Waals surface area contributed by atoms with E-state index in [0.29, 0.717) is 18.0 Å². The van der Waals surface area contributed by atoms with Crippen molar-refractivity contribution in [3.05, 3.63) is 130 Å². The molecular weight excluding hydrogens is 690 g/mol. The van der Waals surface area contributed by atoms with Gasteiger partial charge in [-0.1, -0.05) is 108 Å². The molecule has 0 unspecified atom stereocenters. The Kier molecular flexibility index (Phi) is 12.3. The first-order valence-electron chi connectivity index (χ1n) is 16.3. The zero-order valence-electron chi connectivity index (χ0n) is 27.1. The molecule has 4 aromatic rings. The van der Waals surface area contributed by atoms with Crippen molar-refractivity contribution in [2.45, 2.75) is 63.8 Å². The summed E-state index contributed by atoms with van der Waals surface area (Å²) >= 11 is 3.47. The van der Waals surface area contributed by atoms with Gasteiger partial charge in [0.15, 0.2) is 0 Å². The standard InChI is InChI=1S/C38H42BrN3O5S/c1-48(45,46)42(34-21-23-35(24-22-34)47-28-31-13-7-3-8-14-31)27-37(43)41(26-30-17-19-32(39)20-18-30)36(25-29-11-5-2-6-12-29)38(44)40-33-15-9-4-10-16-33/h2-3,5-8,11-14,17-24,33,36H,4,9-10,15-16,25-28H2,1H3,(H,40,44)/t36-/m1/s1. The number of nitrogens with one attached hydrogen (secondary N) is 1. The average Bonchev–Trinajstić information content (AvgIpc) is 3.09. The second-order valence-corrected chi connectivity index (χ2v) is 15.1. The molecule has 1 aliphatic rings. The fourth-order valence-electron chi connectivity index (χ4n) is 5.95. The van der Waals surface area contributed by atoms with E-state index in [4.69, 9.17) is 4.74 Å². The summed E-state index contributed by atoms with van der Waals surface area (Å²) in [6.07, 6.45) is 6.42. The predicted octanol–water partition coefficient (Wildman–Crippen LogP) is 6.88. The van der Waals surface area contributed by atoms with Crippen LogP contribution < -0.4 is 14.4 Å². The van der Waals surface area contributed by atoms with E-state index in [-0.39, 0.29) is 24.9 Å². The summed E-state index contributed by atoms with van der Waals surface area (Å²) in [6, 6.07) is 32.7. The molecule has 1 aliphatic carbocycles. The highest BCUT2D eigenvalue weighted by atomic mass is 79.9. The number of ether oxygens (including phenoxy) is 1. The van der Waals surface area contributed by atoms with Gasteiger partial charge >= 0.3 is 0 Å². The van der Waals surface area contributed by atoms with Gasteiger partial charge < -0.3 is 15.0 Å². The van der Waals surface area contributed by atoms with Crippen molar-refractivity contribution in [2.75, 3.05) is 17.1 Å². The maximum atomic E-state index is 14.4. The number of hydrogen-bond donors (Lipinski definition) is 1. The average molecular weight is 733 g/mol. The Morgan fingerprint density at radius 1 is 0.812 bits per heavy atom. The molecule has 1 N–H and O–H groups in total. The van der Waals surface area contributed by atoms with E-state index in [1.807, 2.05) is 84.9 Å². The molecule has 1 fully saturated rings. The smallest absolute Gasteiger partial charge is 0.244 e. The third-order valence-electron chi connectivity index (χ3n) is 8.54. The molecule has 1 saturated carbocycles. The van der Waals surface area contributed by atoms with Gasteiger partial charge in [0.1, 0.15) is 24.9 Å². The van der Waals surface area contributed by atoms with Gasteiger partial charge in [-0.25, -0.2) is 8.42 Å². The lowest BCUT2D eigenvalue weighted by Crippen LogP contribution is -2.55. The van der Waals surface area contributed by atoms with E-state index >= 15 is 0 Å². The Bertz CT molecular complexity index is 1730. The van der Waals surface area contributed by atoms with Crippen LogP contribution in [0.2, 0.25) is 0 Å². The molecule has 10 heteroatoms. The third kappa shape index (κ3) is 10.2. The molecule has 0 aliphatic heterocycles. The number of carbonyl (C=O) groups excluding carboxylic acids is 2. The first-order valence-corrected chi connectivity index (χ1v) is 18.9. The summed E-state index contributed by atoms with van der Waals surface area (Å²) in [5.74, 6) is -0.143. The highest BCUT2D eigenvalue weighted by molar-refractivity contribution is 9.10. The fraction of sp³-hybridized carbons (Fsp3) is 0.316. The molecule has 2 amide bonds. The number of rotatable bonds is 14. The SMILES string of the molecule is CS(=O)(=O)N(CC(=O)N(Cc1ccc(Br)cc1)[C@H](Cc1ccccc1)C(=O)NC1CCCCC1)c1ccc(OCc2ccccc2)cc1. The normalized spacial score (nSPS) is 14.1. The molecule has 4 aromatic carbocycles. The van der Waals surface area contributed by atoms with E-state index in [2.05, 4.69) is 21.2 Å². The molecule has 0 spiro atoms. The maximum Gasteiger partial charge on any atom is 0.244 e. The number of amides is 2. The summed E-state index contributed by atoms with van der Waals surface area (Å²) in [6.45, 7) is 0.0261. The fourth-order valence-corrected chi connectivity index (χ4v) is 7.06. The minimum Gasteiger partial charge on any atom is -0.489 e. The lowest BCUT2D eigenvalue weighted by atomic mass is 9.94. The summed E-state index contributed by atoms with van der Waals surface area (Å²) < 4.78 is 34.2. The van der Waals surface area contributed by atoms with Gasteiger partial charge in [-0.2, -0.15) is 0 Å². The van der Waals surface area contributed by atoms with Crippen molar-refractivity contribution < 1.29 is 22.7 Å². The van der Waals surface area contributed by atoms with Crippen LogP contribution in [0.3, 0.4) is 0 Å². The number of benzene rings is 4. The molecule has 48 heavy (non-hydrogen) atoms. The maximum absolute atomic E-state index is 14.4. The van der Waals surface area contributed by atoms with Crippen LogP contribution in [0.4, 0.5) is 5.69 Å². The highest BCUT2D eigenvalue weighted by Crippen LogP contribution is 2.25. The first-order chi connectivity index (χ1) is 23.2. The molecule has 8 nitrogen and oxygen atoms in total.